The second-order valence-corrected chi connectivity index (χ2v) is 4.42. The molecular weight excluding hydrogens is 280 g/mol. The Morgan fingerprint density at radius 1 is 1.64 bits per heavy atom. The lowest BCUT2D eigenvalue weighted by Crippen LogP contribution is -2.37. The summed E-state index contributed by atoms with van der Waals surface area (Å²) in [5.41, 5.74) is 0. The van der Waals surface area contributed by atoms with Crippen LogP contribution in [0.2, 0.25) is 0 Å². The number of rotatable bonds is 4. The third-order valence-corrected chi connectivity index (χ3v) is 2.40. The van der Waals surface area contributed by atoms with Crippen LogP contribution in [-0.2, 0) is 4.79 Å². The highest BCUT2D eigenvalue weighted by atomic mass is 79.9. The van der Waals surface area contributed by atoms with Crippen molar-refractivity contribution in [1.82, 2.24) is 0 Å². The molecule has 0 aromatic heterocycles. The number of Topliss-reactive ketones (excluding diaryl/α,β-unsaturated/α-hetero) is 1. The Balaban J connectivity index is 4.03. The van der Waals surface area contributed by atoms with Crippen molar-refractivity contribution in [2.75, 3.05) is 0 Å². The van der Waals surface area contributed by atoms with Crippen LogP contribution in [0.5, 0.6) is 0 Å². The van der Waals surface area contributed by atoms with Crippen LogP contribution in [0, 0.1) is 0 Å². The zero-order valence-corrected chi connectivity index (χ0v) is 9.22. The third-order valence-electron chi connectivity index (χ3n) is 1.14. The number of ketones is 1. The quantitative estimate of drug-likeness (QED) is 0.603. The van der Waals surface area contributed by atoms with Gasteiger partial charge in [-0.1, -0.05) is 29.3 Å². The van der Waals surface area contributed by atoms with Gasteiger partial charge >= 0.3 is 0 Å². The van der Waals surface area contributed by atoms with E-state index < -0.39 is 15.3 Å². The summed E-state index contributed by atoms with van der Waals surface area (Å²) in [4.78, 5) is 10.5. The first-order valence-electron chi connectivity index (χ1n) is 3.21. The molecule has 3 nitrogen and oxygen atoms in total. The van der Waals surface area contributed by atoms with E-state index in [1.54, 1.807) is 0 Å². The lowest BCUT2D eigenvalue weighted by molar-refractivity contribution is -0.150. The molecule has 66 valence electrons. The van der Waals surface area contributed by atoms with Gasteiger partial charge in [0.1, 0.15) is 0 Å². The van der Waals surface area contributed by atoms with E-state index in [0.717, 1.165) is 6.42 Å². The Hall–Kier alpha value is 0.550. The fraction of sp³-hybridized carbons (Fsp3) is 0.833. The van der Waals surface area contributed by atoms with E-state index in [2.05, 4.69) is 31.9 Å². The Bertz CT molecular complexity index is 141. The van der Waals surface area contributed by atoms with Crippen molar-refractivity contribution in [3.63, 3.8) is 0 Å². The molecule has 0 aliphatic heterocycles. The van der Waals surface area contributed by atoms with Crippen LogP contribution in [0.3, 0.4) is 0 Å². The van der Waals surface area contributed by atoms with Crippen molar-refractivity contribution < 1.29 is 15.0 Å². The maximum Gasteiger partial charge on any atom is 0.284 e. The normalized spacial score (nSPS) is 14.6. The van der Waals surface area contributed by atoms with E-state index in [-0.39, 0.29) is 0 Å². The monoisotopic (exact) mass is 288 g/mol. The maximum absolute atomic E-state index is 11.0. The fourth-order valence-corrected chi connectivity index (χ4v) is 1.94. The van der Waals surface area contributed by atoms with Crippen LogP contribution < -0.4 is 0 Å². The highest BCUT2D eigenvalue weighted by molar-refractivity contribution is 9.10. The van der Waals surface area contributed by atoms with Gasteiger partial charge in [0.05, 0.1) is 4.83 Å². The smallest absolute Gasteiger partial charge is 0.284 e. The number of carbonyl (C=O) groups excluding carboxylic acids is 1. The predicted octanol–water partition coefficient (Wildman–Crippen LogP) is 1.15. The predicted molar refractivity (Wildman–Crippen MR) is 48.7 cm³/mol. The Kier molecular flexibility index (Phi) is 4.77. The van der Waals surface area contributed by atoms with E-state index in [4.69, 9.17) is 10.2 Å². The van der Waals surface area contributed by atoms with E-state index in [9.17, 15) is 4.79 Å². The number of hydrogen-bond acceptors (Lipinski definition) is 3. The third kappa shape index (κ3) is 4.20. The minimum atomic E-state index is -2.39. The fourth-order valence-electron chi connectivity index (χ4n) is 0.584. The van der Waals surface area contributed by atoms with Crippen LogP contribution in [0.25, 0.3) is 0 Å². The van der Waals surface area contributed by atoms with Gasteiger partial charge in [-0.3, -0.25) is 4.79 Å². The Labute approximate surface area is 82.0 Å². The van der Waals surface area contributed by atoms with E-state index in [1.807, 2.05) is 6.92 Å². The molecule has 0 spiro atoms. The topological polar surface area (TPSA) is 57.5 Å². The molecular formula is C6H10Br2O3. The van der Waals surface area contributed by atoms with Crippen LogP contribution in [-0.4, -0.2) is 25.5 Å². The van der Waals surface area contributed by atoms with Crippen LogP contribution in [0.1, 0.15) is 19.8 Å². The first-order chi connectivity index (χ1) is 4.89. The van der Waals surface area contributed by atoms with E-state index in [1.165, 1.54) is 0 Å². The summed E-state index contributed by atoms with van der Waals surface area (Å²) in [7, 11) is 0. The molecule has 0 bridgehead atoms. The first kappa shape index (κ1) is 11.6. The number of aliphatic hydroxyl groups is 2. The zero-order chi connectivity index (χ0) is 9.07. The van der Waals surface area contributed by atoms with Crippen LogP contribution >= 0.6 is 31.9 Å². The van der Waals surface area contributed by atoms with Gasteiger partial charge in [0.25, 0.3) is 4.70 Å². The van der Waals surface area contributed by atoms with Gasteiger partial charge in [-0.15, -0.1) is 0 Å². The molecule has 11 heavy (non-hydrogen) atoms. The average Bonchev–Trinajstić information content (AvgIpc) is 1.85. The van der Waals surface area contributed by atoms with Crippen molar-refractivity contribution in [1.29, 1.82) is 0 Å². The van der Waals surface area contributed by atoms with Crippen molar-refractivity contribution in [3.05, 3.63) is 0 Å². The summed E-state index contributed by atoms with van der Waals surface area (Å²) in [5, 5.41) is 17.6. The lowest BCUT2D eigenvalue weighted by Gasteiger charge is -2.15. The molecule has 0 aliphatic carbocycles. The molecule has 0 saturated heterocycles. The molecule has 0 amide bonds. The maximum atomic E-state index is 11.0. The lowest BCUT2D eigenvalue weighted by atomic mass is 10.2. The van der Waals surface area contributed by atoms with Crippen molar-refractivity contribution >= 4 is 37.6 Å². The van der Waals surface area contributed by atoms with Gasteiger partial charge in [-0.25, -0.2) is 0 Å². The van der Waals surface area contributed by atoms with Gasteiger partial charge < -0.3 is 10.2 Å². The average molecular weight is 290 g/mol. The Morgan fingerprint density at radius 2 is 2.09 bits per heavy atom. The summed E-state index contributed by atoms with van der Waals surface area (Å²) < 4.78 is -2.39. The molecule has 0 fully saturated rings. The zero-order valence-electron chi connectivity index (χ0n) is 6.05. The molecule has 0 heterocycles. The summed E-state index contributed by atoms with van der Waals surface area (Å²) in [5.74, 6) is -0.667. The minimum Gasteiger partial charge on any atom is -0.351 e. The van der Waals surface area contributed by atoms with Crippen molar-refractivity contribution in [2.45, 2.75) is 29.3 Å². The molecule has 0 rings (SSSR count). The SMILES string of the molecule is CCCC(Br)C(=O)C(O)(O)Br. The van der Waals surface area contributed by atoms with Crippen molar-refractivity contribution in [3.8, 4) is 0 Å². The van der Waals surface area contributed by atoms with Gasteiger partial charge in [-0.2, -0.15) is 0 Å². The summed E-state index contributed by atoms with van der Waals surface area (Å²) in [6.45, 7) is 1.91. The molecule has 0 aromatic carbocycles. The largest absolute Gasteiger partial charge is 0.351 e. The molecule has 0 radical (unpaired) electrons. The highest BCUT2D eigenvalue weighted by Gasteiger charge is 2.33. The molecule has 1 unspecified atom stereocenters. The number of alkyl halides is 2. The minimum absolute atomic E-state index is 0.498. The molecule has 0 aromatic rings. The van der Waals surface area contributed by atoms with Gasteiger partial charge in [0, 0.05) is 0 Å². The van der Waals surface area contributed by atoms with Gasteiger partial charge in [0.2, 0.25) is 5.78 Å². The van der Waals surface area contributed by atoms with E-state index >= 15 is 0 Å². The highest BCUT2D eigenvalue weighted by Crippen LogP contribution is 2.20. The van der Waals surface area contributed by atoms with E-state index in [0.29, 0.717) is 6.42 Å². The number of halogens is 2. The Morgan fingerprint density at radius 3 is 2.36 bits per heavy atom. The molecule has 5 heteroatoms. The first-order valence-corrected chi connectivity index (χ1v) is 4.92. The van der Waals surface area contributed by atoms with Crippen LogP contribution in [0.4, 0.5) is 0 Å². The number of hydrogen-bond donors (Lipinski definition) is 2. The second-order valence-electron chi connectivity index (χ2n) is 2.21. The molecule has 1 atom stereocenters. The van der Waals surface area contributed by atoms with Gasteiger partial charge in [-0.05, 0) is 22.4 Å². The summed E-state index contributed by atoms with van der Waals surface area (Å²) >= 11 is 5.49. The second kappa shape index (κ2) is 4.54. The molecule has 2 N–H and O–H groups in total. The summed E-state index contributed by atoms with van der Waals surface area (Å²) in [6, 6.07) is 0. The van der Waals surface area contributed by atoms with Crippen molar-refractivity contribution in [2.24, 2.45) is 0 Å². The van der Waals surface area contributed by atoms with Crippen LogP contribution in [0.15, 0.2) is 0 Å². The molecule has 0 aliphatic rings. The van der Waals surface area contributed by atoms with Gasteiger partial charge in [0.15, 0.2) is 0 Å². The molecule has 0 saturated carbocycles. The number of carbonyl (C=O) groups is 1. The summed E-state index contributed by atoms with van der Waals surface area (Å²) in [6.07, 6.45) is 1.40. The standard InChI is InChI=1S/C6H10Br2O3/c1-2-3-4(7)5(9)6(8,10)11/h4,10-11H,2-3H2,1H3.